The zero-order valence-electron chi connectivity index (χ0n) is 10.4. The van der Waals surface area contributed by atoms with Crippen LogP contribution in [-0.2, 0) is 5.75 Å². The van der Waals surface area contributed by atoms with E-state index < -0.39 is 0 Å². The molecule has 0 amide bonds. The number of benzene rings is 2. The predicted molar refractivity (Wildman–Crippen MR) is 80.9 cm³/mol. The van der Waals surface area contributed by atoms with Gasteiger partial charge in [-0.05, 0) is 17.7 Å². The van der Waals surface area contributed by atoms with Gasteiger partial charge in [-0.25, -0.2) is 4.39 Å². The van der Waals surface area contributed by atoms with Crippen molar-refractivity contribution in [3.05, 3.63) is 70.5 Å². The quantitative estimate of drug-likeness (QED) is 0.884. The Morgan fingerprint density at radius 3 is 2.47 bits per heavy atom. The maximum Gasteiger partial charge on any atom is 0.127 e. The molecule has 0 aliphatic heterocycles. The summed E-state index contributed by atoms with van der Waals surface area (Å²) < 4.78 is 13.7. The highest BCUT2D eigenvalue weighted by molar-refractivity contribution is 7.98. The summed E-state index contributed by atoms with van der Waals surface area (Å²) in [6.45, 7) is 0.399. The minimum Gasteiger partial charge on any atom is -0.329 e. The molecule has 19 heavy (non-hydrogen) atoms. The largest absolute Gasteiger partial charge is 0.329 e. The van der Waals surface area contributed by atoms with Gasteiger partial charge in [0.2, 0.25) is 0 Å². The Balaban J connectivity index is 2.09. The van der Waals surface area contributed by atoms with E-state index in [-0.39, 0.29) is 11.1 Å². The van der Waals surface area contributed by atoms with Gasteiger partial charge in [-0.15, -0.1) is 11.8 Å². The SMILES string of the molecule is NCC(SCc1ccccc1Cl)c1ccccc1F. The standard InChI is InChI=1S/C15H15ClFNS/c16-13-7-3-1-5-11(13)10-19-15(9-18)12-6-2-4-8-14(12)17/h1-8,15H,9-10,18H2. The van der Waals surface area contributed by atoms with Crippen molar-refractivity contribution in [1.82, 2.24) is 0 Å². The molecule has 100 valence electrons. The Bertz CT molecular complexity index is 547. The van der Waals surface area contributed by atoms with Crippen molar-refractivity contribution in [2.45, 2.75) is 11.0 Å². The van der Waals surface area contributed by atoms with Gasteiger partial charge in [0.05, 0.1) is 0 Å². The highest BCUT2D eigenvalue weighted by Crippen LogP contribution is 2.33. The minimum atomic E-state index is -0.204. The van der Waals surface area contributed by atoms with Crippen LogP contribution in [0.15, 0.2) is 48.5 Å². The molecule has 0 bridgehead atoms. The normalized spacial score (nSPS) is 12.4. The van der Waals surface area contributed by atoms with Gasteiger partial charge in [-0.1, -0.05) is 48.0 Å². The molecule has 0 heterocycles. The van der Waals surface area contributed by atoms with Crippen molar-refractivity contribution >= 4 is 23.4 Å². The van der Waals surface area contributed by atoms with Crippen LogP contribution < -0.4 is 5.73 Å². The summed E-state index contributed by atoms with van der Waals surface area (Å²) in [6, 6.07) is 14.4. The Kier molecular flexibility index (Phi) is 5.25. The first kappa shape index (κ1) is 14.4. The summed E-state index contributed by atoms with van der Waals surface area (Å²) in [5.74, 6) is 0.514. The molecule has 1 atom stereocenters. The first-order chi connectivity index (χ1) is 9.22. The second-order valence-electron chi connectivity index (χ2n) is 4.15. The smallest absolute Gasteiger partial charge is 0.127 e. The van der Waals surface area contributed by atoms with E-state index in [1.54, 1.807) is 23.9 Å². The van der Waals surface area contributed by atoms with E-state index in [0.29, 0.717) is 12.1 Å². The molecule has 0 radical (unpaired) electrons. The molecule has 2 aromatic rings. The molecule has 1 nitrogen and oxygen atoms in total. The van der Waals surface area contributed by atoms with Gasteiger partial charge in [0.15, 0.2) is 0 Å². The van der Waals surface area contributed by atoms with Crippen LogP contribution in [0.3, 0.4) is 0 Å². The maximum absolute atomic E-state index is 13.7. The lowest BCUT2D eigenvalue weighted by Crippen LogP contribution is -2.11. The Labute approximate surface area is 122 Å². The van der Waals surface area contributed by atoms with E-state index in [9.17, 15) is 4.39 Å². The van der Waals surface area contributed by atoms with Crippen molar-refractivity contribution in [3.8, 4) is 0 Å². The zero-order chi connectivity index (χ0) is 13.7. The van der Waals surface area contributed by atoms with Crippen LogP contribution >= 0.6 is 23.4 Å². The minimum absolute atomic E-state index is 0.0579. The number of rotatable bonds is 5. The third-order valence-corrected chi connectivity index (χ3v) is 4.56. The monoisotopic (exact) mass is 295 g/mol. The van der Waals surface area contributed by atoms with Gasteiger partial charge in [-0.2, -0.15) is 0 Å². The summed E-state index contributed by atoms with van der Waals surface area (Å²) in [4.78, 5) is 0. The van der Waals surface area contributed by atoms with Gasteiger partial charge in [0, 0.05) is 28.1 Å². The molecule has 0 saturated heterocycles. The van der Waals surface area contributed by atoms with E-state index in [1.807, 2.05) is 30.3 Å². The number of thioether (sulfide) groups is 1. The van der Waals surface area contributed by atoms with Gasteiger partial charge in [0.1, 0.15) is 5.82 Å². The number of hydrogen-bond acceptors (Lipinski definition) is 2. The number of halogens is 2. The van der Waals surface area contributed by atoms with Crippen LogP contribution in [0.1, 0.15) is 16.4 Å². The molecule has 4 heteroatoms. The van der Waals surface area contributed by atoms with Gasteiger partial charge in [-0.3, -0.25) is 0 Å². The lowest BCUT2D eigenvalue weighted by Gasteiger charge is -2.16. The molecule has 0 spiro atoms. The highest BCUT2D eigenvalue weighted by atomic mass is 35.5. The van der Waals surface area contributed by atoms with Crippen molar-refractivity contribution < 1.29 is 4.39 Å². The zero-order valence-corrected chi connectivity index (χ0v) is 11.9. The molecule has 0 fully saturated rings. The summed E-state index contributed by atoms with van der Waals surface area (Å²) in [5, 5.41) is 0.678. The van der Waals surface area contributed by atoms with Crippen LogP contribution in [-0.4, -0.2) is 6.54 Å². The highest BCUT2D eigenvalue weighted by Gasteiger charge is 2.14. The fraction of sp³-hybridized carbons (Fsp3) is 0.200. The van der Waals surface area contributed by atoms with Crippen molar-refractivity contribution in [1.29, 1.82) is 0 Å². The van der Waals surface area contributed by atoms with Crippen molar-refractivity contribution in [3.63, 3.8) is 0 Å². The Morgan fingerprint density at radius 1 is 1.11 bits per heavy atom. The first-order valence-corrected chi connectivity index (χ1v) is 7.44. The second-order valence-corrected chi connectivity index (χ2v) is 5.75. The molecular formula is C15H15ClFNS. The summed E-state index contributed by atoms with van der Waals surface area (Å²) >= 11 is 7.72. The molecule has 2 rings (SSSR count). The maximum atomic E-state index is 13.7. The van der Waals surface area contributed by atoms with Crippen LogP contribution in [0, 0.1) is 5.82 Å². The lowest BCUT2D eigenvalue weighted by atomic mass is 10.1. The third kappa shape index (κ3) is 3.72. The molecule has 0 aliphatic rings. The van der Waals surface area contributed by atoms with E-state index in [2.05, 4.69) is 0 Å². The van der Waals surface area contributed by atoms with Crippen molar-refractivity contribution in [2.75, 3.05) is 6.54 Å². The van der Waals surface area contributed by atoms with Gasteiger partial charge < -0.3 is 5.73 Å². The lowest BCUT2D eigenvalue weighted by molar-refractivity contribution is 0.608. The molecule has 1 unspecified atom stereocenters. The molecule has 0 aromatic heterocycles. The van der Waals surface area contributed by atoms with E-state index >= 15 is 0 Å². The van der Waals surface area contributed by atoms with Crippen LogP contribution in [0.4, 0.5) is 4.39 Å². The van der Waals surface area contributed by atoms with Gasteiger partial charge in [0.25, 0.3) is 0 Å². The Morgan fingerprint density at radius 2 is 1.79 bits per heavy atom. The Hall–Kier alpha value is -1.03. The molecular weight excluding hydrogens is 281 g/mol. The molecule has 0 aliphatic carbocycles. The average molecular weight is 296 g/mol. The average Bonchev–Trinajstić information content (AvgIpc) is 2.43. The number of nitrogens with two attached hydrogens (primary N) is 1. The van der Waals surface area contributed by atoms with E-state index in [1.165, 1.54) is 6.07 Å². The van der Waals surface area contributed by atoms with Crippen LogP contribution in [0.5, 0.6) is 0 Å². The van der Waals surface area contributed by atoms with Crippen LogP contribution in [0.2, 0.25) is 5.02 Å². The van der Waals surface area contributed by atoms with E-state index in [4.69, 9.17) is 17.3 Å². The topological polar surface area (TPSA) is 26.0 Å². The predicted octanol–water partition coefficient (Wildman–Crippen LogP) is 4.41. The summed E-state index contributed by atoms with van der Waals surface area (Å²) in [7, 11) is 0. The molecule has 2 aromatic carbocycles. The third-order valence-electron chi connectivity index (χ3n) is 2.86. The molecule has 2 N–H and O–H groups in total. The fourth-order valence-corrected chi connectivity index (χ4v) is 3.25. The second kappa shape index (κ2) is 6.94. The number of hydrogen-bond donors (Lipinski definition) is 1. The molecule has 0 saturated carbocycles. The van der Waals surface area contributed by atoms with Crippen molar-refractivity contribution in [2.24, 2.45) is 5.73 Å². The van der Waals surface area contributed by atoms with E-state index in [0.717, 1.165) is 16.3 Å². The first-order valence-electron chi connectivity index (χ1n) is 6.02. The summed E-state index contributed by atoms with van der Waals surface area (Å²) in [6.07, 6.45) is 0. The fourth-order valence-electron chi connectivity index (χ4n) is 1.83. The summed E-state index contributed by atoms with van der Waals surface area (Å²) in [5.41, 5.74) is 7.46. The van der Waals surface area contributed by atoms with Crippen LogP contribution in [0.25, 0.3) is 0 Å². The van der Waals surface area contributed by atoms with Gasteiger partial charge >= 0.3 is 0 Å².